The highest BCUT2D eigenvalue weighted by Crippen LogP contribution is 2.50. The molecule has 2 amide bonds. The maximum Gasteiger partial charge on any atom is 0.416 e. The summed E-state index contributed by atoms with van der Waals surface area (Å²) in [5.41, 5.74) is 0.871. The number of allylic oxidation sites excluding steroid dienone is 1. The standard InChI is InChI=1S/C37H43F3N2O6/c1-25-36(35(45)46-2)21-29(19-33(43)41-22-28-14-9-15-30(18-28)37(38,39)40)34(44)42(17-16-26-10-5-3-6-11-26)32(36)20-31(48-25)24-47-23-27-12-7-4-8-13-27/h4,7-10,12-15,18,20,25,29,31H,3,5-6,11,16-17,19,21-24H2,1-2H3,(H,41,43)/t25-,29+,31-,36+/m1/s1. The minimum absolute atomic E-state index is 0.0146. The van der Waals surface area contributed by atoms with Crippen LogP contribution in [0.3, 0.4) is 0 Å². The average Bonchev–Trinajstić information content (AvgIpc) is 3.08. The molecule has 5 rings (SSSR count). The lowest BCUT2D eigenvalue weighted by Crippen LogP contribution is -2.60. The van der Waals surface area contributed by atoms with Crippen LogP contribution >= 0.6 is 0 Å². The molecule has 8 nitrogen and oxygen atoms in total. The van der Waals surface area contributed by atoms with Crippen LogP contribution < -0.4 is 5.32 Å². The first-order chi connectivity index (χ1) is 23.0. The van der Waals surface area contributed by atoms with Gasteiger partial charge < -0.3 is 24.4 Å². The van der Waals surface area contributed by atoms with Crippen LogP contribution in [0.15, 0.2) is 78.0 Å². The van der Waals surface area contributed by atoms with E-state index in [1.807, 2.05) is 30.3 Å². The summed E-state index contributed by atoms with van der Waals surface area (Å²) in [5, 5.41) is 2.66. The molecule has 0 bridgehead atoms. The molecule has 0 radical (unpaired) electrons. The topological polar surface area (TPSA) is 94.2 Å². The highest BCUT2D eigenvalue weighted by Gasteiger charge is 2.59. The van der Waals surface area contributed by atoms with Gasteiger partial charge in [0.05, 0.1) is 32.0 Å². The number of halogens is 3. The monoisotopic (exact) mass is 668 g/mol. The summed E-state index contributed by atoms with van der Waals surface area (Å²) in [6.07, 6.45) is 2.74. The van der Waals surface area contributed by atoms with Crippen molar-refractivity contribution in [3.63, 3.8) is 0 Å². The van der Waals surface area contributed by atoms with Crippen molar-refractivity contribution in [2.75, 3.05) is 20.3 Å². The van der Waals surface area contributed by atoms with Gasteiger partial charge in [0, 0.05) is 31.1 Å². The largest absolute Gasteiger partial charge is 0.468 e. The molecular formula is C37H43F3N2O6. The zero-order valence-electron chi connectivity index (χ0n) is 27.4. The van der Waals surface area contributed by atoms with E-state index in [2.05, 4.69) is 11.4 Å². The van der Waals surface area contributed by atoms with Crippen LogP contribution in [0.25, 0.3) is 0 Å². The summed E-state index contributed by atoms with van der Waals surface area (Å²) in [6, 6.07) is 14.4. The molecule has 4 atom stereocenters. The molecule has 1 saturated heterocycles. The fraction of sp³-hybridized carbons (Fsp3) is 0.486. The van der Waals surface area contributed by atoms with Crippen molar-refractivity contribution < 1.29 is 41.8 Å². The van der Waals surface area contributed by atoms with Crippen LogP contribution in [-0.4, -0.2) is 55.2 Å². The number of methoxy groups -OCH3 is 1. The van der Waals surface area contributed by atoms with Crippen molar-refractivity contribution in [3.05, 3.63) is 94.7 Å². The molecule has 48 heavy (non-hydrogen) atoms. The Kier molecular flexibility index (Phi) is 11.4. The molecule has 0 aromatic heterocycles. The first-order valence-electron chi connectivity index (χ1n) is 16.5. The lowest BCUT2D eigenvalue weighted by Gasteiger charge is -2.51. The second-order valence-electron chi connectivity index (χ2n) is 12.8. The van der Waals surface area contributed by atoms with E-state index in [9.17, 15) is 27.6 Å². The predicted molar refractivity (Wildman–Crippen MR) is 172 cm³/mol. The van der Waals surface area contributed by atoms with E-state index in [4.69, 9.17) is 14.2 Å². The summed E-state index contributed by atoms with van der Waals surface area (Å²) in [4.78, 5) is 42.8. The number of carbonyl (C=O) groups excluding carboxylic acids is 3. The SMILES string of the molecule is COC(=O)[C@]12C[C@H](CC(=O)NCc3cccc(C(F)(F)F)c3)C(=O)N(CCC3=CCCCC3)C1=C[C@H](COCc1ccccc1)O[C@@H]2C. The van der Waals surface area contributed by atoms with E-state index in [-0.39, 0.29) is 37.5 Å². The van der Waals surface area contributed by atoms with Gasteiger partial charge in [0.1, 0.15) is 11.5 Å². The highest BCUT2D eigenvalue weighted by molar-refractivity contribution is 5.92. The number of nitrogens with zero attached hydrogens (tertiary/aromatic N) is 1. The Morgan fingerprint density at radius 2 is 1.85 bits per heavy atom. The van der Waals surface area contributed by atoms with E-state index >= 15 is 0 Å². The Morgan fingerprint density at radius 1 is 1.08 bits per heavy atom. The maximum atomic E-state index is 14.2. The van der Waals surface area contributed by atoms with E-state index in [0.717, 1.165) is 43.4 Å². The maximum absolute atomic E-state index is 14.2. The first kappa shape index (κ1) is 35.3. The van der Waals surface area contributed by atoms with Gasteiger partial charge >= 0.3 is 12.1 Å². The predicted octanol–water partition coefficient (Wildman–Crippen LogP) is 6.50. The third-order valence-corrected chi connectivity index (χ3v) is 9.51. The number of benzene rings is 2. The number of carbonyl (C=O) groups is 3. The molecule has 0 saturated carbocycles. The minimum atomic E-state index is -4.51. The van der Waals surface area contributed by atoms with E-state index in [0.29, 0.717) is 25.3 Å². The summed E-state index contributed by atoms with van der Waals surface area (Å²) in [6.45, 7) is 2.53. The van der Waals surface area contributed by atoms with Gasteiger partial charge in [-0.1, -0.05) is 54.1 Å². The average molecular weight is 669 g/mol. The molecule has 0 spiro atoms. The summed E-state index contributed by atoms with van der Waals surface area (Å²) < 4.78 is 57.3. The zero-order valence-corrected chi connectivity index (χ0v) is 27.4. The van der Waals surface area contributed by atoms with Crippen molar-refractivity contribution in [2.45, 2.75) is 83.4 Å². The number of likely N-dealkylation sites (tertiary alicyclic amines) is 1. The van der Waals surface area contributed by atoms with Crippen LogP contribution in [0.2, 0.25) is 0 Å². The van der Waals surface area contributed by atoms with Gasteiger partial charge in [0.25, 0.3) is 0 Å². The van der Waals surface area contributed by atoms with Crippen molar-refractivity contribution in [1.29, 1.82) is 0 Å². The van der Waals surface area contributed by atoms with E-state index < -0.39 is 47.2 Å². The van der Waals surface area contributed by atoms with Gasteiger partial charge in [-0.3, -0.25) is 14.4 Å². The fourth-order valence-electron chi connectivity index (χ4n) is 6.99. The molecule has 11 heteroatoms. The number of piperidine rings is 1. The summed E-state index contributed by atoms with van der Waals surface area (Å²) in [7, 11) is 1.29. The molecule has 2 heterocycles. The third-order valence-electron chi connectivity index (χ3n) is 9.51. The van der Waals surface area contributed by atoms with Gasteiger partial charge in [-0.2, -0.15) is 13.2 Å². The third kappa shape index (κ3) is 8.18. The Balaban J connectivity index is 1.38. The molecule has 258 valence electrons. The smallest absolute Gasteiger partial charge is 0.416 e. The molecule has 3 aliphatic rings. The Hall–Kier alpha value is -3.96. The molecule has 2 aliphatic heterocycles. The van der Waals surface area contributed by atoms with Gasteiger partial charge in [0.15, 0.2) is 0 Å². The number of amides is 2. The van der Waals surface area contributed by atoms with Gasteiger partial charge in [0.2, 0.25) is 11.8 Å². The zero-order chi connectivity index (χ0) is 34.3. The molecule has 2 aromatic rings. The van der Waals surface area contributed by atoms with E-state index in [1.54, 1.807) is 17.9 Å². The summed E-state index contributed by atoms with van der Waals surface area (Å²) in [5.74, 6) is -2.25. The van der Waals surface area contributed by atoms with Crippen molar-refractivity contribution >= 4 is 17.8 Å². The Labute approximate surface area is 279 Å². The van der Waals surface area contributed by atoms with Crippen molar-refractivity contribution in [2.24, 2.45) is 11.3 Å². The normalized spacial score (nSPS) is 24.3. The molecule has 1 aliphatic carbocycles. The Morgan fingerprint density at radius 3 is 2.56 bits per heavy atom. The summed E-state index contributed by atoms with van der Waals surface area (Å²) >= 11 is 0. The number of hydrogen-bond acceptors (Lipinski definition) is 6. The van der Waals surface area contributed by atoms with Crippen LogP contribution in [0.4, 0.5) is 13.2 Å². The second-order valence-corrected chi connectivity index (χ2v) is 12.8. The molecule has 0 unspecified atom stereocenters. The molecule has 1 fully saturated rings. The highest BCUT2D eigenvalue weighted by atomic mass is 19.4. The lowest BCUT2D eigenvalue weighted by atomic mass is 9.66. The minimum Gasteiger partial charge on any atom is -0.468 e. The number of fused-ring (bicyclic) bond motifs is 1. The number of hydrogen-bond donors (Lipinski definition) is 1. The quantitative estimate of drug-likeness (QED) is 0.205. The fourth-order valence-corrected chi connectivity index (χ4v) is 6.99. The van der Waals surface area contributed by atoms with Gasteiger partial charge in [-0.05, 0) is 74.8 Å². The number of nitrogens with one attached hydrogen (secondary N) is 1. The number of alkyl halides is 3. The van der Waals surface area contributed by atoms with Crippen LogP contribution in [0, 0.1) is 11.3 Å². The number of ether oxygens (including phenoxy) is 3. The van der Waals surface area contributed by atoms with Crippen molar-refractivity contribution in [1.82, 2.24) is 10.2 Å². The molecule has 1 N–H and O–H groups in total. The molecule has 2 aromatic carbocycles. The van der Waals surface area contributed by atoms with Crippen LogP contribution in [-0.2, 0) is 47.9 Å². The Bertz CT molecular complexity index is 1520. The first-order valence-corrected chi connectivity index (χ1v) is 16.5. The van der Waals surface area contributed by atoms with Crippen LogP contribution in [0.1, 0.15) is 68.6 Å². The lowest BCUT2D eigenvalue weighted by molar-refractivity contribution is -0.178. The van der Waals surface area contributed by atoms with Crippen LogP contribution in [0.5, 0.6) is 0 Å². The van der Waals surface area contributed by atoms with Gasteiger partial charge in [-0.25, -0.2) is 0 Å². The number of rotatable bonds is 12. The van der Waals surface area contributed by atoms with E-state index in [1.165, 1.54) is 24.8 Å². The number of esters is 1. The van der Waals surface area contributed by atoms with Gasteiger partial charge in [-0.15, -0.1) is 0 Å². The molecular weight excluding hydrogens is 625 g/mol. The van der Waals surface area contributed by atoms with Crippen molar-refractivity contribution in [3.8, 4) is 0 Å². The second kappa shape index (κ2) is 15.5.